The summed E-state index contributed by atoms with van der Waals surface area (Å²) in [4.78, 5) is 27.3. The number of ether oxygens (including phenoxy) is 2. The fourth-order valence-electron chi connectivity index (χ4n) is 3.49. The van der Waals surface area contributed by atoms with Crippen molar-refractivity contribution in [2.45, 2.75) is 33.3 Å². The Balaban J connectivity index is 1.61. The van der Waals surface area contributed by atoms with E-state index in [0.717, 1.165) is 22.2 Å². The molecule has 1 fully saturated rings. The number of fused-ring (bicyclic) bond motifs is 1. The fourth-order valence-corrected chi connectivity index (χ4v) is 3.49. The molecular weight excluding hydrogens is 410 g/mol. The van der Waals surface area contributed by atoms with Crippen LogP contribution in [0.1, 0.15) is 35.6 Å². The molecule has 1 aliphatic rings. The number of carbonyl (C=O) groups is 1. The fraction of sp³-hybridized carbons (Fsp3) is 0.435. The smallest absolute Gasteiger partial charge is 0.274 e. The second-order valence-electron chi connectivity index (χ2n) is 8.68. The molecule has 0 unspecified atom stereocenters. The van der Waals surface area contributed by atoms with Crippen LogP contribution < -0.4 is 15.0 Å². The van der Waals surface area contributed by atoms with Gasteiger partial charge in [-0.3, -0.25) is 4.79 Å². The Hall–Kier alpha value is -3.17. The highest BCUT2D eigenvalue weighted by Gasteiger charge is 2.21. The van der Waals surface area contributed by atoms with Crippen molar-refractivity contribution < 1.29 is 19.4 Å². The standard InChI is InChI=1S/C23H29N5O4/c1-14-15(2)24-18-6-5-16(11-17(14)18)25-21(29)19-12-20(32-13-23(3,4)30)27-22(26-19)28-7-9-31-10-8-28/h5-6,11-12,24,30H,7-10,13H2,1-4H3,(H,25,29). The van der Waals surface area contributed by atoms with Gasteiger partial charge in [-0.2, -0.15) is 4.98 Å². The molecule has 0 spiro atoms. The zero-order valence-corrected chi connectivity index (χ0v) is 18.9. The van der Waals surface area contributed by atoms with Gasteiger partial charge in [-0.05, 0) is 51.5 Å². The number of nitrogens with one attached hydrogen (secondary N) is 2. The van der Waals surface area contributed by atoms with Gasteiger partial charge in [0.25, 0.3) is 5.91 Å². The molecule has 9 heteroatoms. The number of hydrogen-bond acceptors (Lipinski definition) is 7. The van der Waals surface area contributed by atoms with Gasteiger partial charge < -0.3 is 29.8 Å². The molecule has 2 aromatic heterocycles. The summed E-state index contributed by atoms with van der Waals surface area (Å²) in [6.45, 7) is 9.77. The maximum absolute atomic E-state index is 13.1. The van der Waals surface area contributed by atoms with Crippen LogP contribution in [0.3, 0.4) is 0 Å². The molecule has 0 aliphatic carbocycles. The van der Waals surface area contributed by atoms with Gasteiger partial charge in [0.1, 0.15) is 12.3 Å². The number of aryl methyl sites for hydroxylation is 2. The lowest BCUT2D eigenvalue weighted by Gasteiger charge is -2.27. The third kappa shape index (κ3) is 5.00. The van der Waals surface area contributed by atoms with E-state index in [1.807, 2.05) is 36.9 Å². The van der Waals surface area contributed by atoms with Crippen molar-refractivity contribution in [3.05, 3.63) is 41.2 Å². The van der Waals surface area contributed by atoms with Crippen molar-refractivity contribution in [3.8, 4) is 5.88 Å². The number of aromatic amines is 1. The molecule has 1 aliphatic heterocycles. The van der Waals surface area contributed by atoms with Gasteiger partial charge in [0.15, 0.2) is 0 Å². The highest BCUT2D eigenvalue weighted by atomic mass is 16.5. The largest absolute Gasteiger partial charge is 0.474 e. The summed E-state index contributed by atoms with van der Waals surface area (Å²) in [5.41, 5.74) is 3.11. The first-order valence-corrected chi connectivity index (χ1v) is 10.7. The summed E-state index contributed by atoms with van der Waals surface area (Å²) in [6, 6.07) is 7.24. The van der Waals surface area contributed by atoms with Crippen LogP contribution in [0.5, 0.6) is 5.88 Å². The molecular formula is C23H29N5O4. The van der Waals surface area contributed by atoms with E-state index in [9.17, 15) is 9.90 Å². The zero-order chi connectivity index (χ0) is 22.9. The van der Waals surface area contributed by atoms with Crippen LogP contribution in [-0.4, -0.2) is 64.5 Å². The van der Waals surface area contributed by atoms with Crippen LogP contribution in [0.4, 0.5) is 11.6 Å². The van der Waals surface area contributed by atoms with E-state index < -0.39 is 5.60 Å². The molecule has 1 saturated heterocycles. The Labute approximate surface area is 186 Å². The molecule has 0 atom stereocenters. The van der Waals surface area contributed by atoms with Gasteiger partial charge in [0, 0.05) is 41.4 Å². The molecule has 3 aromatic rings. The molecule has 32 heavy (non-hydrogen) atoms. The van der Waals surface area contributed by atoms with Crippen molar-refractivity contribution in [1.82, 2.24) is 15.0 Å². The van der Waals surface area contributed by atoms with Crippen LogP contribution in [0.2, 0.25) is 0 Å². The van der Waals surface area contributed by atoms with Crippen molar-refractivity contribution >= 4 is 28.4 Å². The van der Waals surface area contributed by atoms with E-state index in [1.54, 1.807) is 13.8 Å². The highest BCUT2D eigenvalue weighted by Crippen LogP contribution is 2.25. The van der Waals surface area contributed by atoms with E-state index in [1.165, 1.54) is 6.07 Å². The molecule has 170 valence electrons. The molecule has 1 amide bonds. The maximum Gasteiger partial charge on any atom is 0.274 e. The molecule has 0 saturated carbocycles. The van der Waals surface area contributed by atoms with Crippen molar-refractivity contribution in [2.24, 2.45) is 0 Å². The van der Waals surface area contributed by atoms with E-state index in [-0.39, 0.29) is 24.1 Å². The number of morpholine rings is 1. The summed E-state index contributed by atoms with van der Waals surface area (Å²) in [5, 5.41) is 14.0. The zero-order valence-electron chi connectivity index (χ0n) is 18.9. The molecule has 4 rings (SSSR count). The van der Waals surface area contributed by atoms with E-state index in [0.29, 0.717) is 37.9 Å². The Morgan fingerprint density at radius 2 is 2.00 bits per heavy atom. The topological polar surface area (TPSA) is 113 Å². The van der Waals surface area contributed by atoms with Crippen LogP contribution in [-0.2, 0) is 4.74 Å². The van der Waals surface area contributed by atoms with Gasteiger partial charge in [-0.25, -0.2) is 4.98 Å². The van der Waals surface area contributed by atoms with Crippen molar-refractivity contribution in [1.29, 1.82) is 0 Å². The lowest BCUT2D eigenvalue weighted by molar-refractivity contribution is 0.0268. The number of aromatic nitrogens is 3. The third-order valence-corrected chi connectivity index (χ3v) is 5.36. The molecule has 0 bridgehead atoms. The highest BCUT2D eigenvalue weighted by molar-refractivity contribution is 6.04. The number of rotatable bonds is 6. The van der Waals surface area contributed by atoms with Gasteiger partial charge in [0.05, 0.1) is 18.8 Å². The van der Waals surface area contributed by atoms with Crippen molar-refractivity contribution in [3.63, 3.8) is 0 Å². The second kappa shape index (κ2) is 8.76. The lowest BCUT2D eigenvalue weighted by atomic mass is 10.1. The number of nitrogens with zero attached hydrogens (tertiary/aromatic N) is 3. The van der Waals surface area contributed by atoms with E-state index >= 15 is 0 Å². The predicted octanol–water partition coefficient (Wildman–Crippen LogP) is 2.81. The SMILES string of the molecule is Cc1[nH]c2ccc(NC(=O)c3cc(OCC(C)(C)O)nc(N4CCOCC4)n3)cc2c1C. The maximum atomic E-state index is 13.1. The van der Waals surface area contributed by atoms with Gasteiger partial charge in [-0.1, -0.05) is 0 Å². The summed E-state index contributed by atoms with van der Waals surface area (Å²) < 4.78 is 11.1. The average Bonchev–Trinajstić information content (AvgIpc) is 3.05. The predicted molar refractivity (Wildman–Crippen MR) is 123 cm³/mol. The quantitative estimate of drug-likeness (QED) is 0.541. The Morgan fingerprint density at radius 3 is 2.72 bits per heavy atom. The second-order valence-corrected chi connectivity index (χ2v) is 8.68. The molecule has 0 radical (unpaired) electrons. The third-order valence-electron chi connectivity index (χ3n) is 5.36. The number of hydrogen-bond donors (Lipinski definition) is 3. The number of benzene rings is 1. The Bertz CT molecular complexity index is 1130. The summed E-state index contributed by atoms with van der Waals surface area (Å²) >= 11 is 0. The molecule has 3 heterocycles. The number of amides is 1. The minimum atomic E-state index is -1.03. The normalized spacial score (nSPS) is 14.6. The van der Waals surface area contributed by atoms with Crippen LogP contribution >= 0.6 is 0 Å². The number of H-pyrrole nitrogens is 1. The first kappa shape index (κ1) is 22.0. The van der Waals surface area contributed by atoms with Crippen LogP contribution in [0.15, 0.2) is 24.3 Å². The summed E-state index contributed by atoms with van der Waals surface area (Å²) in [5.74, 6) is 0.278. The van der Waals surface area contributed by atoms with E-state index in [4.69, 9.17) is 9.47 Å². The first-order valence-electron chi connectivity index (χ1n) is 10.7. The Kier molecular flexibility index (Phi) is 6.03. The van der Waals surface area contributed by atoms with Gasteiger partial charge >= 0.3 is 0 Å². The van der Waals surface area contributed by atoms with Crippen LogP contribution in [0.25, 0.3) is 10.9 Å². The summed E-state index contributed by atoms with van der Waals surface area (Å²) in [6.07, 6.45) is 0. The minimum Gasteiger partial charge on any atom is -0.474 e. The summed E-state index contributed by atoms with van der Waals surface area (Å²) in [7, 11) is 0. The molecule has 1 aromatic carbocycles. The van der Waals surface area contributed by atoms with Gasteiger partial charge in [-0.15, -0.1) is 0 Å². The number of aliphatic hydroxyl groups is 1. The monoisotopic (exact) mass is 439 g/mol. The molecule has 3 N–H and O–H groups in total. The Morgan fingerprint density at radius 1 is 1.25 bits per heavy atom. The average molecular weight is 440 g/mol. The van der Waals surface area contributed by atoms with E-state index in [2.05, 4.69) is 20.3 Å². The number of anilines is 2. The lowest BCUT2D eigenvalue weighted by Crippen LogP contribution is -2.38. The van der Waals surface area contributed by atoms with Gasteiger partial charge in [0.2, 0.25) is 11.8 Å². The number of carbonyl (C=O) groups excluding carboxylic acids is 1. The molecule has 9 nitrogen and oxygen atoms in total. The van der Waals surface area contributed by atoms with Crippen molar-refractivity contribution in [2.75, 3.05) is 43.1 Å². The first-order chi connectivity index (χ1) is 15.2. The minimum absolute atomic E-state index is 0.0381. The van der Waals surface area contributed by atoms with Crippen LogP contribution in [0, 0.1) is 13.8 Å².